The first kappa shape index (κ1) is 21.8. The van der Waals surface area contributed by atoms with Crippen LogP contribution in [0.4, 0.5) is 0 Å². The number of hydrogen-bond acceptors (Lipinski definition) is 1. The topological polar surface area (TPSA) is 12.9 Å². The van der Waals surface area contributed by atoms with Crippen LogP contribution in [0.25, 0.3) is 61.0 Å². The summed E-state index contributed by atoms with van der Waals surface area (Å²) in [7, 11) is 0. The largest absolute Gasteiger partial charge is 0.260 e. The molecule has 1 aliphatic carbocycles. The van der Waals surface area contributed by atoms with E-state index in [4.69, 9.17) is 4.98 Å². The second-order valence-corrected chi connectivity index (χ2v) is 10.0. The Morgan fingerprint density at radius 3 is 1.81 bits per heavy atom. The van der Waals surface area contributed by atoms with E-state index in [1.165, 1.54) is 66.2 Å². The van der Waals surface area contributed by atoms with E-state index < -0.39 is 0 Å². The second kappa shape index (κ2) is 8.87. The Hall–Kier alpha value is -4.49. The lowest BCUT2D eigenvalue weighted by Crippen LogP contribution is -2.03. The van der Waals surface area contributed by atoms with Crippen molar-refractivity contribution in [1.29, 1.82) is 0 Å². The molecule has 1 nitrogen and oxygen atoms in total. The molecule has 5 aromatic carbocycles. The Morgan fingerprint density at radius 2 is 1.14 bits per heavy atom. The van der Waals surface area contributed by atoms with Crippen molar-refractivity contribution in [1.82, 2.24) is 4.98 Å². The molecule has 0 N–H and O–H groups in total. The number of allylic oxidation sites excluding steroid dienone is 1. The van der Waals surface area contributed by atoms with E-state index in [0.717, 1.165) is 6.42 Å². The van der Waals surface area contributed by atoms with Gasteiger partial charge >= 0.3 is 0 Å². The molecule has 0 fully saturated rings. The molecule has 0 spiro atoms. The predicted molar refractivity (Wildman–Crippen MR) is 158 cm³/mol. The molecule has 1 atom stereocenters. The van der Waals surface area contributed by atoms with Crippen molar-refractivity contribution in [3.63, 3.8) is 0 Å². The minimum Gasteiger partial charge on any atom is -0.260 e. The number of benzene rings is 5. The fraction of sp³-hybridized carbons (Fsp3) is 0.0833. The van der Waals surface area contributed by atoms with Crippen LogP contribution >= 0.6 is 0 Å². The van der Waals surface area contributed by atoms with Crippen LogP contribution in [-0.2, 0) is 0 Å². The van der Waals surface area contributed by atoms with E-state index in [9.17, 15) is 0 Å². The first-order valence-corrected chi connectivity index (χ1v) is 13.0. The van der Waals surface area contributed by atoms with E-state index >= 15 is 0 Å². The van der Waals surface area contributed by atoms with Gasteiger partial charge in [0.25, 0.3) is 0 Å². The highest BCUT2D eigenvalue weighted by Crippen LogP contribution is 2.44. The number of hydrogen-bond donors (Lipinski definition) is 0. The van der Waals surface area contributed by atoms with Crippen molar-refractivity contribution in [2.24, 2.45) is 0 Å². The molecule has 0 amide bonds. The molecule has 7 rings (SSSR count). The van der Waals surface area contributed by atoms with Gasteiger partial charge in [-0.3, -0.25) is 4.98 Å². The van der Waals surface area contributed by atoms with Crippen LogP contribution in [0.3, 0.4) is 0 Å². The van der Waals surface area contributed by atoms with Crippen LogP contribution in [0.1, 0.15) is 30.5 Å². The third-order valence-electron chi connectivity index (χ3n) is 7.68. The smallest absolute Gasteiger partial charge is 0.0507 e. The third kappa shape index (κ3) is 3.67. The van der Waals surface area contributed by atoms with Gasteiger partial charge in [-0.15, -0.1) is 0 Å². The Kier molecular flexibility index (Phi) is 5.22. The first-order valence-electron chi connectivity index (χ1n) is 13.0. The monoisotopic (exact) mass is 473 g/mol. The van der Waals surface area contributed by atoms with Gasteiger partial charge in [0.1, 0.15) is 0 Å². The van der Waals surface area contributed by atoms with Gasteiger partial charge < -0.3 is 0 Å². The lowest BCUT2D eigenvalue weighted by atomic mass is 9.85. The van der Waals surface area contributed by atoms with Gasteiger partial charge in [-0.25, -0.2) is 0 Å². The molecular weight excluding hydrogens is 446 g/mol. The summed E-state index contributed by atoms with van der Waals surface area (Å²) in [5.74, 6) is 0.460. The zero-order chi connectivity index (χ0) is 24.8. The summed E-state index contributed by atoms with van der Waals surface area (Å²) in [5, 5.41) is 5.05. The minimum atomic E-state index is 0.460. The molecule has 1 aliphatic rings. The number of rotatable bonds is 3. The molecule has 0 saturated carbocycles. The molecule has 1 aromatic heterocycles. The highest BCUT2D eigenvalue weighted by molar-refractivity contribution is 6.21. The summed E-state index contributed by atoms with van der Waals surface area (Å²) in [5.41, 5.74) is 9.86. The minimum absolute atomic E-state index is 0.460. The standard InChI is InChI=1S/C36H27N/c1-24-11-9-16-28-22-29(23-37-36(24)28)35-32-19-7-5-17-30(32)34(31-18-6-8-20-33(31)35)27-15-10-14-26(21-27)25-12-3-2-4-13-25/h2-10,12-24H,11H2,1H3. The van der Waals surface area contributed by atoms with Crippen molar-refractivity contribution >= 4 is 27.6 Å². The number of pyridine rings is 1. The quantitative estimate of drug-likeness (QED) is 0.233. The summed E-state index contributed by atoms with van der Waals surface area (Å²) in [6, 6.07) is 39.6. The molecule has 6 aromatic rings. The number of fused-ring (bicyclic) bond motifs is 3. The second-order valence-electron chi connectivity index (χ2n) is 10.0. The van der Waals surface area contributed by atoms with Gasteiger partial charge in [-0.2, -0.15) is 0 Å². The van der Waals surface area contributed by atoms with Gasteiger partial charge in [-0.1, -0.05) is 116 Å². The van der Waals surface area contributed by atoms with Crippen LogP contribution in [0.2, 0.25) is 0 Å². The predicted octanol–water partition coefficient (Wildman–Crippen LogP) is 9.91. The molecule has 1 heteroatoms. The number of aromatic nitrogens is 1. The summed E-state index contributed by atoms with van der Waals surface area (Å²) in [6.45, 7) is 2.26. The van der Waals surface area contributed by atoms with Gasteiger partial charge in [0.15, 0.2) is 0 Å². The maximum Gasteiger partial charge on any atom is 0.0507 e. The lowest BCUT2D eigenvalue weighted by Gasteiger charge is -2.20. The highest BCUT2D eigenvalue weighted by atomic mass is 14.7. The van der Waals surface area contributed by atoms with Crippen molar-refractivity contribution < 1.29 is 0 Å². The normalized spacial score (nSPS) is 14.7. The molecule has 176 valence electrons. The van der Waals surface area contributed by atoms with E-state index in [1.54, 1.807) is 0 Å². The van der Waals surface area contributed by atoms with Crippen molar-refractivity contribution in [2.75, 3.05) is 0 Å². The van der Waals surface area contributed by atoms with Gasteiger partial charge in [-0.05, 0) is 73.5 Å². The van der Waals surface area contributed by atoms with E-state index in [0.29, 0.717) is 5.92 Å². The van der Waals surface area contributed by atoms with Crippen LogP contribution in [0, 0.1) is 0 Å². The third-order valence-corrected chi connectivity index (χ3v) is 7.68. The van der Waals surface area contributed by atoms with Crippen molar-refractivity contribution in [3.05, 3.63) is 133 Å². The molecule has 1 heterocycles. The molecule has 0 radical (unpaired) electrons. The Bertz CT molecular complexity index is 1750. The van der Waals surface area contributed by atoms with Gasteiger partial charge in [0.05, 0.1) is 5.69 Å². The SMILES string of the molecule is CC1CC=Cc2cc(-c3c4ccccc4c(-c4cccc(-c5ccccc5)c4)c4ccccc34)cnc21. The number of nitrogens with zero attached hydrogens (tertiary/aromatic N) is 1. The maximum absolute atomic E-state index is 4.96. The summed E-state index contributed by atoms with van der Waals surface area (Å²) in [6.07, 6.45) is 7.65. The van der Waals surface area contributed by atoms with E-state index in [-0.39, 0.29) is 0 Å². The molecule has 0 aliphatic heterocycles. The molecule has 37 heavy (non-hydrogen) atoms. The van der Waals surface area contributed by atoms with Crippen molar-refractivity contribution in [3.8, 4) is 33.4 Å². The van der Waals surface area contributed by atoms with Crippen molar-refractivity contribution in [2.45, 2.75) is 19.3 Å². The molecule has 1 unspecified atom stereocenters. The molecule has 0 saturated heterocycles. The summed E-state index contributed by atoms with van der Waals surface area (Å²) < 4.78 is 0. The summed E-state index contributed by atoms with van der Waals surface area (Å²) >= 11 is 0. The molecule has 0 bridgehead atoms. The van der Waals surface area contributed by atoms with Crippen LogP contribution in [0.5, 0.6) is 0 Å². The Labute approximate surface area is 217 Å². The fourth-order valence-corrected chi connectivity index (χ4v) is 5.92. The van der Waals surface area contributed by atoms with E-state index in [1.807, 2.05) is 0 Å². The van der Waals surface area contributed by atoms with Crippen LogP contribution in [-0.4, -0.2) is 4.98 Å². The Morgan fingerprint density at radius 1 is 0.568 bits per heavy atom. The van der Waals surface area contributed by atoms with Crippen LogP contribution < -0.4 is 0 Å². The zero-order valence-electron chi connectivity index (χ0n) is 20.9. The molecular formula is C36H27N. The van der Waals surface area contributed by atoms with E-state index in [2.05, 4.69) is 134 Å². The fourth-order valence-electron chi connectivity index (χ4n) is 5.92. The lowest BCUT2D eigenvalue weighted by molar-refractivity contribution is 0.740. The summed E-state index contributed by atoms with van der Waals surface area (Å²) in [4.78, 5) is 4.96. The maximum atomic E-state index is 4.96. The highest BCUT2D eigenvalue weighted by Gasteiger charge is 2.19. The van der Waals surface area contributed by atoms with Gasteiger partial charge in [0, 0.05) is 17.7 Å². The first-order chi connectivity index (χ1) is 18.3. The zero-order valence-corrected chi connectivity index (χ0v) is 20.9. The average Bonchev–Trinajstić information content (AvgIpc) is 2.96. The average molecular weight is 474 g/mol. The Balaban J connectivity index is 1.52. The van der Waals surface area contributed by atoms with Gasteiger partial charge in [0.2, 0.25) is 0 Å². The van der Waals surface area contributed by atoms with Crippen LogP contribution in [0.15, 0.2) is 121 Å².